The summed E-state index contributed by atoms with van der Waals surface area (Å²) in [6.45, 7) is 1.68. The number of nitriles is 1. The fraction of sp³-hybridized carbons (Fsp3) is 0.0769. The van der Waals surface area contributed by atoms with Crippen LogP contribution in [-0.2, 0) is 0 Å². The highest BCUT2D eigenvalue weighted by molar-refractivity contribution is 6.03. The summed E-state index contributed by atoms with van der Waals surface area (Å²) in [5.74, 6) is -1.20. The monoisotopic (exact) mass is 256 g/mol. The van der Waals surface area contributed by atoms with Crippen molar-refractivity contribution in [3.8, 4) is 6.07 Å². The number of halogens is 1. The first-order chi connectivity index (χ1) is 9.08. The molecule has 0 aliphatic heterocycles. The maximum atomic E-state index is 12.9. The van der Waals surface area contributed by atoms with Gasteiger partial charge in [0.05, 0.1) is 11.6 Å². The van der Waals surface area contributed by atoms with E-state index in [1.807, 2.05) is 6.07 Å². The van der Waals surface area contributed by atoms with Gasteiger partial charge in [-0.05, 0) is 25.1 Å². The van der Waals surface area contributed by atoms with Gasteiger partial charge in [0.1, 0.15) is 5.69 Å². The zero-order valence-electron chi connectivity index (χ0n) is 10.0. The summed E-state index contributed by atoms with van der Waals surface area (Å²) in [6.07, 6.45) is 1.25. The molecule has 94 valence electrons. The lowest BCUT2D eigenvalue weighted by Gasteiger charge is -2.05. The smallest absolute Gasteiger partial charge is 0.274 e. The van der Waals surface area contributed by atoms with Crippen molar-refractivity contribution in [2.45, 2.75) is 6.92 Å². The first kappa shape index (κ1) is 12.6. The molecule has 0 unspecified atom stereocenters. The van der Waals surface area contributed by atoms with E-state index in [1.54, 1.807) is 13.0 Å². The minimum atomic E-state index is -0.687. The Hall–Kier alpha value is -2.81. The van der Waals surface area contributed by atoms with Crippen molar-refractivity contribution in [2.75, 3.05) is 5.32 Å². The van der Waals surface area contributed by atoms with Gasteiger partial charge in [-0.15, -0.1) is 0 Å². The molecule has 1 amide bonds. The van der Waals surface area contributed by atoms with E-state index in [1.165, 1.54) is 18.3 Å². The molecule has 0 fully saturated rings. The number of nitrogens with one attached hydrogen (secondary N) is 1. The molecule has 1 N–H and O–H groups in total. The highest BCUT2D eigenvalue weighted by Crippen LogP contribution is 2.10. The van der Waals surface area contributed by atoms with Crippen LogP contribution in [0.4, 0.5) is 10.1 Å². The van der Waals surface area contributed by atoms with E-state index >= 15 is 0 Å². The van der Waals surface area contributed by atoms with Gasteiger partial charge in [0.15, 0.2) is 0 Å². The molecule has 0 spiro atoms. The van der Waals surface area contributed by atoms with Gasteiger partial charge >= 0.3 is 0 Å². The number of aromatic nitrogens is 2. The number of anilines is 1. The number of nitrogens with zero attached hydrogens (tertiary/aromatic N) is 3. The van der Waals surface area contributed by atoms with Crippen LogP contribution < -0.4 is 5.32 Å². The van der Waals surface area contributed by atoms with Crippen LogP contribution in [-0.4, -0.2) is 15.9 Å². The molecule has 6 heteroatoms. The number of carbonyl (C=O) groups is 1. The fourth-order valence-corrected chi connectivity index (χ4v) is 1.52. The molecule has 0 saturated carbocycles. The van der Waals surface area contributed by atoms with Crippen LogP contribution >= 0.6 is 0 Å². The molecule has 2 aromatic heterocycles. The lowest BCUT2D eigenvalue weighted by Crippen LogP contribution is -2.14. The Kier molecular flexibility index (Phi) is 3.48. The number of pyridine rings is 2. The van der Waals surface area contributed by atoms with Crippen LogP contribution in [0.2, 0.25) is 0 Å². The summed E-state index contributed by atoms with van der Waals surface area (Å²) in [6, 6.07) is 7.45. The third-order valence-corrected chi connectivity index (χ3v) is 2.30. The number of amides is 1. The van der Waals surface area contributed by atoms with Gasteiger partial charge < -0.3 is 5.32 Å². The van der Waals surface area contributed by atoms with Gasteiger partial charge in [-0.3, -0.25) is 4.79 Å². The zero-order valence-corrected chi connectivity index (χ0v) is 10.0. The maximum absolute atomic E-state index is 12.9. The third-order valence-electron chi connectivity index (χ3n) is 2.30. The Morgan fingerprint density at radius 1 is 1.42 bits per heavy atom. The van der Waals surface area contributed by atoms with Gasteiger partial charge in [0.25, 0.3) is 5.91 Å². The molecule has 0 saturated heterocycles. The van der Waals surface area contributed by atoms with Crippen LogP contribution in [0.25, 0.3) is 0 Å². The van der Waals surface area contributed by atoms with E-state index in [0.717, 1.165) is 6.07 Å². The van der Waals surface area contributed by atoms with Crippen LogP contribution in [0.5, 0.6) is 0 Å². The largest absolute Gasteiger partial charge is 0.320 e. The molecule has 5 nitrogen and oxygen atoms in total. The molecule has 0 atom stereocenters. The second-order valence-corrected chi connectivity index (χ2v) is 3.82. The highest BCUT2D eigenvalue weighted by Gasteiger charge is 2.10. The molecule has 0 aliphatic rings. The van der Waals surface area contributed by atoms with E-state index in [2.05, 4.69) is 15.3 Å². The first-order valence-electron chi connectivity index (χ1n) is 5.40. The first-order valence-corrected chi connectivity index (χ1v) is 5.40. The third kappa shape index (κ3) is 3.10. The molecule has 0 bridgehead atoms. The molecule has 2 heterocycles. The average molecular weight is 256 g/mol. The molecule has 2 rings (SSSR count). The second kappa shape index (κ2) is 5.23. The van der Waals surface area contributed by atoms with E-state index in [0.29, 0.717) is 11.3 Å². The van der Waals surface area contributed by atoms with Crippen LogP contribution in [0, 0.1) is 24.2 Å². The predicted octanol–water partition coefficient (Wildman–Crippen LogP) is 2.05. The van der Waals surface area contributed by atoms with Crippen molar-refractivity contribution in [1.82, 2.24) is 9.97 Å². The zero-order chi connectivity index (χ0) is 13.8. The molecule has 0 aromatic carbocycles. The van der Waals surface area contributed by atoms with Gasteiger partial charge in [0.2, 0.25) is 5.95 Å². The number of carbonyl (C=O) groups excluding carboxylic acids is 1. The van der Waals surface area contributed by atoms with Gasteiger partial charge in [-0.2, -0.15) is 9.65 Å². The summed E-state index contributed by atoms with van der Waals surface area (Å²) in [5, 5.41) is 11.3. The average Bonchev–Trinajstić information content (AvgIpc) is 2.38. The SMILES string of the molecule is Cc1cc(C#N)cc(C(=O)Nc2ccnc(F)c2)n1. The van der Waals surface area contributed by atoms with Gasteiger partial charge in [-0.1, -0.05) is 0 Å². The van der Waals surface area contributed by atoms with Crippen molar-refractivity contribution in [2.24, 2.45) is 0 Å². The van der Waals surface area contributed by atoms with Gasteiger partial charge in [-0.25, -0.2) is 9.97 Å². The molecule has 0 radical (unpaired) electrons. The summed E-state index contributed by atoms with van der Waals surface area (Å²) in [7, 11) is 0. The minimum absolute atomic E-state index is 0.105. The summed E-state index contributed by atoms with van der Waals surface area (Å²) >= 11 is 0. The Morgan fingerprint density at radius 2 is 2.21 bits per heavy atom. The highest BCUT2D eigenvalue weighted by atomic mass is 19.1. The van der Waals surface area contributed by atoms with Gasteiger partial charge in [0, 0.05) is 23.6 Å². The van der Waals surface area contributed by atoms with Crippen LogP contribution in [0.15, 0.2) is 30.5 Å². The number of hydrogen-bond donors (Lipinski definition) is 1. The van der Waals surface area contributed by atoms with E-state index in [4.69, 9.17) is 5.26 Å². The molecular formula is C13H9FN4O. The van der Waals surface area contributed by atoms with Crippen molar-refractivity contribution in [3.63, 3.8) is 0 Å². The Balaban J connectivity index is 2.25. The number of hydrogen-bond acceptors (Lipinski definition) is 4. The lowest BCUT2D eigenvalue weighted by molar-refractivity contribution is 0.102. The van der Waals surface area contributed by atoms with Crippen molar-refractivity contribution in [1.29, 1.82) is 5.26 Å². The summed E-state index contributed by atoms with van der Waals surface area (Å²) in [5.41, 5.74) is 1.29. The topological polar surface area (TPSA) is 78.7 Å². The Morgan fingerprint density at radius 3 is 2.89 bits per heavy atom. The van der Waals surface area contributed by atoms with Crippen LogP contribution in [0.1, 0.15) is 21.7 Å². The van der Waals surface area contributed by atoms with Crippen LogP contribution in [0.3, 0.4) is 0 Å². The minimum Gasteiger partial charge on any atom is -0.320 e. The molecule has 19 heavy (non-hydrogen) atoms. The summed E-state index contributed by atoms with van der Waals surface area (Å²) in [4.78, 5) is 19.3. The fourth-order valence-electron chi connectivity index (χ4n) is 1.52. The summed E-state index contributed by atoms with van der Waals surface area (Å²) < 4.78 is 12.9. The van der Waals surface area contributed by atoms with E-state index in [-0.39, 0.29) is 11.4 Å². The Bertz CT molecular complexity index is 679. The maximum Gasteiger partial charge on any atom is 0.274 e. The van der Waals surface area contributed by atoms with E-state index in [9.17, 15) is 9.18 Å². The second-order valence-electron chi connectivity index (χ2n) is 3.82. The molecular weight excluding hydrogens is 247 g/mol. The quantitative estimate of drug-likeness (QED) is 0.834. The number of aryl methyl sites for hydroxylation is 1. The van der Waals surface area contributed by atoms with Crippen molar-refractivity contribution in [3.05, 3.63) is 53.4 Å². The number of rotatable bonds is 2. The Labute approximate surface area is 108 Å². The standard InChI is InChI=1S/C13H9FN4O/c1-8-4-9(7-15)5-11(17-8)13(19)18-10-2-3-16-12(14)6-10/h2-6H,1H3,(H,16,18,19). The van der Waals surface area contributed by atoms with E-state index < -0.39 is 11.9 Å². The predicted molar refractivity (Wildman–Crippen MR) is 65.8 cm³/mol. The van der Waals surface area contributed by atoms with Crippen molar-refractivity contribution >= 4 is 11.6 Å². The molecule has 0 aliphatic carbocycles. The van der Waals surface area contributed by atoms with Crippen molar-refractivity contribution < 1.29 is 9.18 Å². The lowest BCUT2D eigenvalue weighted by atomic mass is 10.2. The molecule has 2 aromatic rings. The normalized spacial score (nSPS) is 9.74.